The normalized spacial score (nSPS) is 22.4. The number of para-hydroxylation sites is 1. The maximum Gasteiger partial charge on any atom is 0.171 e. The van der Waals surface area contributed by atoms with E-state index in [0.717, 1.165) is 5.69 Å². The van der Waals surface area contributed by atoms with Crippen molar-refractivity contribution in [2.45, 2.75) is 25.9 Å². The molecular formula is C20H30N4S2+2. The number of quaternary nitrogens is 2. The Hall–Kier alpha value is -1.47. The van der Waals surface area contributed by atoms with Crippen molar-refractivity contribution >= 4 is 34.4 Å². The van der Waals surface area contributed by atoms with Gasteiger partial charge in [0.25, 0.3) is 0 Å². The van der Waals surface area contributed by atoms with Gasteiger partial charge in [0.2, 0.25) is 0 Å². The first-order chi connectivity index (χ1) is 12.5. The van der Waals surface area contributed by atoms with Crippen LogP contribution in [-0.2, 0) is 0 Å². The van der Waals surface area contributed by atoms with Crippen LogP contribution in [0.3, 0.4) is 0 Å². The van der Waals surface area contributed by atoms with E-state index in [1.165, 1.54) is 36.6 Å². The van der Waals surface area contributed by atoms with Gasteiger partial charge < -0.3 is 20.4 Å². The SMILES string of the molecule is Cc1ccccc1NC(=S)N[C@H](C)[C@H](c1cccs1)[NH+]1CC[NH+](C)CC1. The number of benzene rings is 1. The van der Waals surface area contributed by atoms with Gasteiger partial charge in [0, 0.05) is 5.69 Å². The molecule has 1 aromatic heterocycles. The maximum atomic E-state index is 5.61. The van der Waals surface area contributed by atoms with Gasteiger partial charge in [-0.2, -0.15) is 0 Å². The van der Waals surface area contributed by atoms with Crippen LogP contribution in [0.25, 0.3) is 0 Å². The zero-order valence-corrected chi connectivity index (χ0v) is 17.5. The number of anilines is 1. The van der Waals surface area contributed by atoms with Gasteiger partial charge in [-0.25, -0.2) is 0 Å². The summed E-state index contributed by atoms with van der Waals surface area (Å²) in [6, 6.07) is 13.4. The highest BCUT2D eigenvalue weighted by Crippen LogP contribution is 2.20. The van der Waals surface area contributed by atoms with Crippen LogP contribution in [0.5, 0.6) is 0 Å². The van der Waals surface area contributed by atoms with Crippen LogP contribution in [0.4, 0.5) is 5.69 Å². The van der Waals surface area contributed by atoms with Crippen molar-refractivity contribution < 1.29 is 9.80 Å². The van der Waals surface area contributed by atoms with Crippen LogP contribution < -0.4 is 20.4 Å². The Bertz CT molecular complexity index is 708. The van der Waals surface area contributed by atoms with Crippen molar-refractivity contribution in [2.75, 3.05) is 38.5 Å². The van der Waals surface area contributed by atoms with Gasteiger partial charge in [-0.05, 0) is 49.1 Å². The lowest BCUT2D eigenvalue weighted by Crippen LogP contribution is -3.27. The highest BCUT2D eigenvalue weighted by atomic mass is 32.1. The van der Waals surface area contributed by atoms with Crippen molar-refractivity contribution in [1.29, 1.82) is 0 Å². The molecule has 140 valence electrons. The summed E-state index contributed by atoms with van der Waals surface area (Å²) < 4.78 is 0. The molecule has 4 N–H and O–H groups in total. The van der Waals surface area contributed by atoms with Crippen LogP contribution in [0.2, 0.25) is 0 Å². The van der Waals surface area contributed by atoms with Gasteiger partial charge in [-0.1, -0.05) is 24.3 Å². The summed E-state index contributed by atoms with van der Waals surface area (Å²) in [5.74, 6) is 0. The monoisotopic (exact) mass is 390 g/mol. The Balaban J connectivity index is 1.68. The molecular weight excluding hydrogens is 360 g/mol. The predicted molar refractivity (Wildman–Crippen MR) is 114 cm³/mol. The number of likely N-dealkylation sites (N-methyl/N-ethyl adjacent to an activating group) is 1. The van der Waals surface area contributed by atoms with Gasteiger partial charge in [0.15, 0.2) is 5.11 Å². The number of thiophene rings is 1. The van der Waals surface area contributed by atoms with Gasteiger partial charge in [0.05, 0.1) is 18.0 Å². The Morgan fingerprint density at radius 3 is 2.50 bits per heavy atom. The Labute approximate surface area is 166 Å². The molecule has 0 amide bonds. The summed E-state index contributed by atoms with van der Waals surface area (Å²) in [6.45, 7) is 9.23. The van der Waals surface area contributed by atoms with Crippen molar-refractivity contribution in [3.8, 4) is 0 Å². The minimum atomic E-state index is 0.270. The molecule has 0 spiro atoms. The van der Waals surface area contributed by atoms with Crippen molar-refractivity contribution in [3.63, 3.8) is 0 Å². The first kappa shape index (κ1) is 19.3. The number of rotatable bonds is 5. The average Bonchev–Trinajstić information content (AvgIpc) is 3.13. The first-order valence-electron chi connectivity index (χ1n) is 9.37. The number of hydrogen-bond donors (Lipinski definition) is 4. The van der Waals surface area contributed by atoms with Crippen molar-refractivity contribution in [1.82, 2.24) is 5.32 Å². The molecule has 0 radical (unpaired) electrons. The number of nitrogens with one attached hydrogen (secondary N) is 4. The van der Waals surface area contributed by atoms with E-state index in [2.05, 4.69) is 61.2 Å². The molecule has 1 aliphatic rings. The predicted octanol–water partition coefficient (Wildman–Crippen LogP) is 0.886. The van der Waals surface area contributed by atoms with E-state index in [1.807, 2.05) is 23.5 Å². The fraction of sp³-hybridized carbons (Fsp3) is 0.450. The zero-order valence-electron chi connectivity index (χ0n) is 15.8. The molecule has 1 fully saturated rings. The molecule has 0 saturated carbocycles. The molecule has 0 unspecified atom stereocenters. The van der Waals surface area contributed by atoms with E-state index in [-0.39, 0.29) is 6.04 Å². The quantitative estimate of drug-likeness (QED) is 0.572. The minimum absolute atomic E-state index is 0.270. The van der Waals surface area contributed by atoms with Gasteiger partial charge in [0.1, 0.15) is 32.2 Å². The zero-order chi connectivity index (χ0) is 18.5. The fourth-order valence-electron chi connectivity index (χ4n) is 3.74. The van der Waals surface area contributed by atoms with Crippen LogP contribution >= 0.6 is 23.6 Å². The molecule has 6 heteroatoms. The number of hydrogen-bond acceptors (Lipinski definition) is 2. The molecule has 26 heavy (non-hydrogen) atoms. The third-order valence-electron chi connectivity index (χ3n) is 5.29. The average molecular weight is 391 g/mol. The molecule has 0 bridgehead atoms. The summed E-state index contributed by atoms with van der Waals surface area (Å²) >= 11 is 7.46. The van der Waals surface area contributed by atoms with Crippen LogP contribution in [0.15, 0.2) is 41.8 Å². The summed E-state index contributed by atoms with van der Waals surface area (Å²) in [7, 11) is 2.29. The Kier molecular flexibility index (Phi) is 6.64. The lowest BCUT2D eigenvalue weighted by Gasteiger charge is -2.36. The molecule has 2 atom stereocenters. The Morgan fingerprint density at radius 1 is 1.12 bits per heavy atom. The summed E-state index contributed by atoms with van der Waals surface area (Å²) in [5, 5.41) is 9.80. The second-order valence-electron chi connectivity index (χ2n) is 7.31. The fourth-order valence-corrected chi connectivity index (χ4v) is 5.02. The minimum Gasteiger partial charge on any atom is -0.354 e. The standard InChI is InChI=1S/C20H28N4S2/c1-15-7-4-5-8-17(15)22-20(25)21-16(2)19(18-9-6-14-26-18)24-12-10-23(3)11-13-24/h4-9,14,16,19H,10-13H2,1-3H3,(H2,21,22,25)/p+2/t16-,19-/m1/s1. The largest absolute Gasteiger partial charge is 0.354 e. The van der Waals surface area contributed by atoms with Crippen LogP contribution in [-0.4, -0.2) is 44.4 Å². The molecule has 0 aliphatic carbocycles. The molecule has 1 aliphatic heterocycles. The van der Waals surface area contributed by atoms with E-state index in [9.17, 15) is 0 Å². The van der Waals surface area contributed by atoms with Crippen molar-refractivity contribution in [2.24, 2.45) is 0 Å². The summed E-state index contributed by atoms with van der Waals surface area (Å²) in [6.07, 6.45) is 0. The van der Waals surface area contributed by atoms with Gasteiger partial charge >= 0.3 is 0 Å². The summed E-state index contributed by atoms with van der Waals surface area (Å²) in [4.78, 5) is 4.74. The molecule has 2 aromatic rings. The lowest BCUT2D eigenvalue weighted by atomic mass is 10.1. The van der Waals surface area contributed by atoms with Crippen LogP contribution in [0.1, 0.15) is 23.4 Å². The number of thiocarbonyl (C=S) groups is 1. The van der Waals surface area contributed by atoms with E-state index in [4.69, 9.17) is 12.2 Å². The third kappa shape index (κ3) is 4.82. The highest BCUT2D eigenvalue weighted by molar-refractivity contribution is 7.80. The lowest BCUT2D eigenvalue weighted by molar-refractivity contribution is -1.02. The smallest absolute Gasteiger partial charge is 0.171 e. The summed E-state index contributed by atoms with van der Waals surface area (Å²) in [5.41, 5.74) is 2.27. The topological polar surface area (TPSA) is 32.9 Å². The Morgan fingerprint density at radius 2 is 1.85 bits per heavy atom. The van der Waals surface area contributed by atoms with Gasteiger partial charge in [-0.3, -0.25) is 0 Å². The van der Waals surface area contributed by atoms with E-state index in [1.54, 1.807) is 9.80 Å². The second-order valence-corrected chi connectivity index (χ2v) is 8.70. The van der Waals surface area contributed by atoms with E-state index >= 15 is 0 Å². The highest BCUT2D eigenvalue weighted by Gasteiger charge is 2.34. The van der Waals surface area contributed by atoms with Crippen LogP contribution in [0, 0.1) is 6.92 Å². The third-order valence-corrected chi connectivity index (χ3v) is 6.46. The van der Waals surface area contributed by atoms with E-state index in [0.29, 0.717) is 11.2 Å². The molecule has 3 rings (SSSR count). The van der Waals surface area contributed by atoms with E-state index < -0.39 is 0 Å². The maximum absolute atomic E-state index is 5.61. The molecule has 2 heterocycles. The van der Waals surface area contributed by atoms with Gasteiger partial charge in [-0.15, -0.1) is 11.3 Å². The number of piperazine rings is 1. The number of aryl methyl sites for hydroxylation is 1. The second kappa shape index (κ2) is 8.95. The first-order valence-corrected chi connectivity index (χ1v) is 10.7. The molecule has 1 saturated heterocycles. The van der Waals surface area contributed by atoms with Crippen molar-refractivity contribution in [3.05, 3.63) is 52.2 Å². The molecule has 1 aromatic carbocycles. The molecule has 4 nitrogen and oxygen atoms in total.